The van der Waals surface area contributed by atoms with Gasteiger partial charge >= 0.3 is 12.4 Å². The van der Waals surface area contributed by atoms with Gasteiger partial charge in [0.2, 0.25) is 11.8 Å². The highest BCUT2D eigenvalue weighted by Gasteiger charge is 2.56. The van der Waals surface area contributed by atoms with Gasteiger partial charge in [0, 0.05) is 5.92 Å². The highest BCUT2D eigenvalue weighted by molar-refractivity contribution is 6.22. The molecule has 3 aromatic rings. The molecule has 2 aromatic carbocycles. The summed E-state index contributed by atoms with van der Waals surface area (Å²) in [6.45, 7) is 2.59. The summed E-state index contributed by atoms with van der Waals surface area (Å²) in [5.41, 5.74) is -1.71. The van der Waals surface area contributed by atoms with Crippen molar-refractivity contribution in [1.29, 1.82) is 0 Å². The van der Waals surface area contributed by atoms with Gasteiger partial charge in [0.15, 0.2) is 0 Å². The van der Waals surface area contributed by atoms with E-state index in [0.717, 1.165) is 11.1 Å². The SMILES string of the molecule is CC(C)C1=C([C@H](O)CC/C(=C/c2ccc(CO)o2)c2ccccc2)[C@H](CO)[C@@H]2C(=O)N(c3cc(C(F)(F)F)cc(C(F)(F)F)c3)C(=O)[C@@H]2C1. The first-order chi connectivity index (χ1) is 23.0. The number of allylic oxidation sites excluding steroid dienone is 2. The highest BCUT2D eigenvalue weighted by atomic mass is 19.4. The minimum atomic E-state index is -5.20. The molecule has 262 valence electrons. The lowest BCUT2D eigenvalue weighted by molar-refractivity contribution is -0.143. The van der Waals surface area contributed by atoms with Gasteiger partial charge in [-0.05, 0) is 78.3 Å². The Bertz CT molecular complexity index is 1720. The van der Waals surface area contributed by atoms with Crippen LogP contribution >= 0.6 is 0 Å². The molecule has 0 unspecified atom stereocenters. The second kappa shape index (κ2) is 14.0. The van der Waals surface area contributed by atoms with Crippen molar-refractivity contribution in [2.45, 2.75) is 58.2 Å². The minimum Gasteiger partial charge on any atom is -0.459 e. The number of carbonyl (C=O) groups excluding carboxylic acids is 2. The summed E-state index contributed by atoms with van der Waals surface area (Å²) in [6, 6.07) is 13.1. The van der Waals surface area contributed by atoms with Crippen molar-refractivity contribution in [2.75, 3.05) is 11.5 Å². The van der Waals surface area contributed by atoms with Crippen LogP contribution in [0.15, 0.2) is 76.2 Å². The van der Waals surface area contributed by atoms with Crippen LogP contribution in [-0.2, 0) is 28.5 Å². The molecule has 1 aliphatic heterocycles. The van der Waals surface area contributed by atoms with Crippen molar-refractivity contribution in [3.05, 3.63) is 100 Å². The number of nitrogens with zero attached hydrogens (tertiary/aromatic N) is 1. The molecule has 3 N–H and O–H groups in total. The second-order valence-corrected chi connectivity index (χ2v) is 12.6. The summed E-state index contributed by atoms with van der Waals surface area (Å²) in [6.07, 6.45) is -9.55. The predicted octanol–water partition coefficient (Wildman–Crippen LogP) is 7.26. The molecule has 2 amide bonds. The number of rotatable bonds is 10. The lowest BCUT2D eigenvalue weighted by atomic mass is 9.66. The van der Waals surface area contributed by atoms with Crippen LogP contribution in [0.2, 0.25) is 0 Å². The van der Waals surface area contributed by atoms with E-state index in [-0.39, 0.29) is 37.9 Å². The lowest BCUT2D eigenvalue weighted by Gasteiger charge is -2.38. The summed E-state index contributed by atoms with van der Waals surface area (Å²) in [5, 5.41) is 31.7. The van der Waals surface area contributed by atoms with Crippen molar-refractivity contribution in [3.63, 3.8) is 0 Å². The fourth-order valence-corrected chi connectivity index (χ4v) is 6.90. The van der Waals surface area contributed by atoms with Crippen LogP contribution in [0.3, 0.4) is 0 Å². The maximum atomic E-state index is 13.9. The molecule has 49 heavy (non-hydrogen) atoms. The van der Waals surface area contributed by atoms with Crippen LogP contribution < -0.4 is 4.90 Å². The van der Waals surface area contributed by atoms with E-state index in [2.05, 4.69) is 0 Å². The quantitative estimate of drug-likeness (QED) is 0.117. The van der Waals surface area contributed by atoms with Gasteiger partial charge in [0.25, 0.3) is 0 Å². The Balaban J connectivity index is 1.49. The Morgan fingerprint density at radius 1 is 0.939 bits per heavy atom. The number of carbonyl (C=O) groups is 2. The molecule has 0 saturated carbocycles. The molecule has 5 rings (SSSR count). The van der Waals surface area contributed by atoms with Gasteiger partial charge in [-0.1, -0.05) is 49.8 Å². The largest absolute Gasteiger partial charge is 0.459 e. The van der Waals surface area contributed by atoms with E-state index in [0.29, 0.717) is 39.7 Å². The lowest BCUT2D eigenvalue weighted by Crippen LogP contribution is -2.40. The third-order valence-electron chi connectivity index (χ3n) is 9.19. The van der Waals surface area contributed by atoms with Gasteiger partial charge in [0.1, 0.15) is 18.1 Å². The third kappa shape index (κ3) is 7.38. The average Bonchev–Trinajstić information content (AvgIpc) is 3.62. The van der Waals surface area contributed by atoms with E-state index in [1.165, 1.54) is 0 Å². The summed E-state index contributed by atoms with van der Waals surface area (Å²) in [4.78, 5) is 27.9. The molecular formula is C36H35F6NO6. The average molecular weight is 692 g/mol. The Hall–Kier alpha value is -4.20. The molecule has 1 aromatic heterocycles. The van der Waals surface area contributed by atoms with Crippen molar-refractivity contribution < 1.29 is 55.7 Å². The zero-order valence-corrected chi connectivity index (χ0v) is 26.6. The van der Waals surface area contributed by atoms with Gasteiger partial charge in [0.05, 0.1) is 41.4 Å². The van der Waals surface area contributed by atoms with E-state index in [9.17, 15) is 51.3 Å². The van der Waals surface area contributed by atoms with Crippen LogP contribution in [-0.4, -0.2) is 39.8 Å². The number of anilines is 1. The molecular weight excluding hydrogens is 656 g/mol. The second-order valence-electron chi connectivity index (χ2n) is 12.6. The maximum absolute atomic E-state index is 13.9. The van der Waals surface area contributed by atoms with Gasteiger partial charge in [-0.2, -0.15) is 26.3 Å². The Kier molecular flexibility index (Phi) is 10.3. The predicted molar refractivity (Wildman–Crippen MR) is 167 cm³/mol. The van der Waals surface area contributed by atoms with Crippen molar-refractivity contribution >= 4 is 29.2 Å². The smallest absolute Gasteiger partial charge is 0.416 e. The molecule has 0 bridgehead atoms. The molecule has 1 aliphatic carbocycles. The minimum absolute atomic E-state index is 0.0743. The normalized spacial score (nSPS) is 21.2. The van der Waals surface area contributed by atoms with Gasteiger partial charge in [-0.15, -0.1) is 0 Å². The topological polar surface area (TPSA) is 111 Å². The number of fused-ring (bicyclic) bond motifs is 1. The van der Waals surface area contributed by atoms with Crippen LogP contribution in [0.25, 0.3) is 11.6 Å². The molecule has 13 heteroatoms. The number of halogens is 6. The number of amides is 2. The van der Waals surface area contributed by atoms with Gasteiger partial charge < -0.3 is 19.7 Å². The number of imide groups is 1. The number of alkyl halides is 6. The summed E-state index contributed by atoms with van der Waals surface area (Å²) in [7, 11) is 0. The number of hydrogen-bond acceptors (Lipinski definition) is 6. The number of benzene rings is 2. The summed E-state index contributed by atoms with van der Waals surface area (Å²) < 4.78 is 87.5. The molecule has 7 nitrogen and oxygen atoms in total. The molecule has 4 atom stereocenters. The van der Waals surface area contributed by atoms with E-state index in [1.54, 1.807) is 32.1 Å². The number of furan rings is 1. The first-order valence-electron chi connectivity index (χ1n) is 15.7. The van der Waals surface area contributed by atoms with E-state index in [1.807, 2.05) is 30.3 Å². The molecule has 1 saturated heterocycles. The van der Waals surface area contributed by atoms with Gasteiger partial charge in [-0.25, -0.2) is 4.90 Å². The zero-order chi connectivity index (χ0) is 35.8. The van der Waals surface area contributed by atoms with Crippen LogP contribution in [0, 0.1) is 23.7 Å². The van der Waals surface area contributed by atoms with E-state index in [4.69, 9.17) is 4.42 Å². The maximum Gasteiger partial charge on any atom is 0.416 e. The summed E-state index contributed by atoms with van der Waals surface area (Å²) in [5.74, 6) is -5.09. The monoisotopic (exact) mass is 691 g/mol. The first-order valence-corrected chi connectivity index (χ1v) is 15.7. The molecule has 2 aliphatic rings. The van der Waals surface area contributed by atoms with E-state index < -0.39 is 71.4 Å². The fraction of sp³-hybridized carbons (Fsp3) is 0.389. The molecule has 0 spiro atoms. The Morgan fingerprint density at radius 3 is 2.10 bits per heavy atom. The van der Waals surface area contributed by atoms with E-state index >= 15 is 0 Å². The van der Waals surface area contributed by atoms with Crippen LogP contribution in [0.5, 0.6) is 0 Å². The molecule has 1 fully saturated rings. The Labute approximate surface area is 278 Å². The van der Waals surface area contributed by atoms with Crippen LogP contribution in [0.4, 0.5) is 32.0 Å². The standard InChI is InChI=1S/C36H35F6NO6/c1-19(2)27-16-28-32(34(48)43(33(28)47)24-14-22(35(37,38)39)13-23(15-24)36(40,41)42)29(18-45)31(27)30(46)11-8-21(20-6-4-3-5-7-20)12-25-9-10-26(17-44)49-25/h3-7,9-10,12-15,19,28-30,32,44-46H,8,11,16-18H2,1-2H3/b21-12-/t28-,29+,30-,32-/m1/s1. The Morgan fingerprint density at radius 2 is 1.57 bits per heavy atom. The fourth-order valence-electron chi connectivity index (χ4n) is 6.90. The third-order valence-corrected chi connectivity index (χ3v) is 9.19. The molecule has 2 heterocycles. The first kappa shape index (κ1) is 36.1. The molecule has 0 radical (unpaired) electrons. The number of aliphatic hydroxyl groups excluding tert-OH is 3. The highest BCUT2D eigenvalue weighted by Crippen LogP contribution is 2.50. The van der Waals surface area contributed by atoms with Crippen molar-refractivity contribution in [3.8, 4) is 0 Å². The summed E-state index contributed by atoms with van der Waals surface area (Å²) >= 11 is 0. The van der Waals surface area contributed by atoms with Gasteiger partial charge in [-0.3, -0.25) is 9.59 Å². The van der Waals surface area contributed by atoms with Crippen LogP contribution in [0.1, 0.15) is 61.3 Å². The van der Waals surface area contributed by atoms with Crippen molar-refractivity contribution in [2.24, 2.45) is 23.7 Å². The number of hydrogen-bond donors (Lipinski definition) is 3. The zero-order valence-electron chi connectivity index (χ0n) is 26.6. The van der Waals surface area contributed by atoms with Crippen molar-refractivity contribution in [1.82, 2.24) is 0 Å². The number of aliphatic hydroxyl groups is 3.